The van der Waals surface area contributed by atoms with E-state index in [-0.39, 0.29) is 11.5 Å². The van der Waals surface area contributed by atoms with Crippen molar-refractivity contribution in [3.8, 4) is 0 Å². The number of piperazine rings is 1. The molecule has 0 spiro atoms. The molecular formula is C18H24N2O. The summed E-state index contributed by atoms with van der Waals surface area (Å²) in [5.74, 6) is 1.75. The van der Waals surface area contributed by atoms with Crippen molar-refractivity contribution >= 4 is 5.91 Å². The van der Waals surface area contributed by atoms with Crippen LogP contribution < -0.4 is 5.32 Å². The molecule has 0 aromatic heterocycles. The molecule has 1 saturated heterocycles. The molecule has 3 unspecified atom stereocenters. The van der Waals surface area contributed by atoms with E-state index in [1.54, 1.807) is 0 Å². The number of hydrogen-bond acceptors (Lipinski definition) is 2. The normalized spacial score (nSPS) is 33.0. The van der Waals surface area contributed by atoms with E-state index < -0.39 is 0 Å². The number of carbonyl (C=O) groups excluding carboxylic acids is 1. The molecule has 2 aliphatic carbocycles. The van der Waals surface area contributed by atoms with Gasteiger partial charge in [0.15, 0.2) is 0 Å². The molecule has 112 valence electrons. The fourth-order valence-corrected chi connectivity index (χ4v) is 4.44. The molecule has 3 heteroatoms. The molecule has 1 aliphatic heterocycles. The van der Waals surface area contributed by atoms with Crippen molar-refractivity contribution in [3.05, 3.63) is 35.4 Å². The lowest BCUT2D eigenvalue weighted by atomic mass is 9.92. The van der Waals surface area contributed by atoms with Gasteiger partial charge in [0.1, 0.15) is 0 Å². The summed E-state index contributed by atoms with van der Waals surface area (Å²) in [5.41, 5.74) is 2.96. The standard InChI is InChI=1S/C18H24N2O/c1-18(2)11-20(10-9-19-18)17(21)16-14-8-7-12-5-3-4-6-13(12)15(14)16/h3-6,14-16,19H,7-11H2,1-2H3. The van der Waals surface area contributed by atoms with Crippen molar-refractivity contribution in [2.24, 2.45) is 11.8 Å². The lowest BCUT2D eigenvalue weighted by molar-refractivity contribution is -0.135. The number of hydrogen-bond donors (Lipinski definition) is 1. The van der Waals surface area contributed by atoms with Crippen LogP contribution in [0.15, 0.2) is 24.3 Å². The zero-order chi connectivity index (χ0) is 14.6. The molecule has 0 bridgehead atoms. The summed E-state index contributed by atoms with van der Waals surface area (Å²) in [7, 11) is 0. The quantitative estimate of drug-likeness (QED) is 0.857. The summed E-state index contributed by atoms with van der Waals surface area (Å²) >= 11 is 0. The number of nitrogens with zero attached hydrogens (tertiary/aromatic N) is 1. The lowest BCUT2D eigenvalue weighted by Gasteiger charge is -2.39. The van der Waals surface area contributed by atoms with Gasteiger partial charge < -0.3 is 10.2 Å². The molecule has 1 saturated carbocycles. The molecule has 4 rings (SSSR count). The summed E-state index contributed by atoms with van der Waals surface area (Å²) in [6, 6.07) is 8.71. The highest BCUT2D eigenvalue weighted by Gasteiger charge is 2.58. The van der Waals surface area contributed by atoms with Gasteiger partial charge in [-0.15, -0.1) is 0 Å². The van der Waals surface area contributed by atoms with E-state index in [1.165, 1.54) is 17.5 Å². The van der Waals surface area contributed by atoms with Crippen LogP contribution in [-0.4, -0.2) is 36.0 Å². The van der Waals surface area contributed by atoms with Crippen molar-refractivity contribution in [2.75, 3.05) is 19.6 Å². The van der Waals surface area contributed by atoms with Gasteiger partial charge in [-0.3, -0.25) is 4.79 Å². The Hall–Kier alpha value is -1.35. The van der Waals surface area contributed by atoms with Crippen LogP contribution in [0.3, 0.4) is 0 Å². The van der Waals surface area contributed by atoms with Gasteiger partial charge in [0, 0.05) is 31.1 Å². The molecule has 1 aromatic carbocycles. The minimum Gasteiger partial charge on any atom is -0.339 e. The molecule has 3 aliphatic rings. The van der Waals surface area contributed by atoms with Gasteiger partial charge in [0.05, 0.1) is 0 Å². The van der Waals surface area contributed by atoms with E-state index in [2.05, 4.69) is 48.3 Å². The van der Waals surface area contributed by atoms with E-state index in [9.17, 15) is 4.79 Å². The number of nitrogens with one attached hydrogen (secondary N) is 1. The minimum absolute atomic E-state index is 0.0475. The van der Waals surface area contributed by atoms with Crippen LogP contribution in [-0.2, 0) is 11.2 Å². The average Bonchev–Trinajstić information content (AvgIpc) is 3.20. The highest BCUT2D eigenvalue weighted by molar-refractivity contribution is 5.84. The van der Waals surface area contributed by atoms with Gasteiger partial charge >= 0.3 is 0 Å². The molecule has 0 radical (unpaired) electrons. The summed E-state index contributed by atoms with van der Waals surface area (Å²) in [6.45, 7) is 6.98. The Morgan fingerprint density at radius 3 is 2.95 bits per heavy atom. The summed E-state index contributed by atoms with van der Waals surface area (Å²) in [5, 5.41) is 3.49. The van der Waals surface area contributed by atoms with Gasteiger partial charge in [-0.25, -0.2) is 0 Å². The largest absolute Gasteiger partial charge is 0.339 e. The van der Waals surface area contributed by atoms with Gasteiger partial charge in [-0.05, 0) is 49.7 Å². The topological polar surface area (TPSA) is 32.3 Å². The number of aryl methyl sites for hydroxylation is 1. The Morgan fingerprint density at radius 2 is 2.14 bits per heavy atom. The second kappa shape index (κ2) is 4.57. The second-order valence-corrected chi connectivity index (χ2v) is 7.52. The van der Waals surface area contributed by atoms with Crippen LogP contribution in [0.25, 0.3) is 0 Å². The van der Waals surface area contributed by atoms with Crippen LogP contribution >= 0.6 is 0 Å². The molecule has 3 atom stereocenters. The second-order valence-electron chi connectivity index (χ2n) is 7.52. The van der Waals surface area contributed by atoms with E-state index in [0.29, 0.717) is 17.7 Å². The van der Waals surface area contributed by atoms with Crippen molar-refractivity contribution in [1.82, 2.24) is 10.2 Å². The number of carbonyl (C=O) groups is 1. The Bertz CT molecular complexity index is 580. The maximum Gasteiger partial charge on any atom is 0.226 e. The number of rotatable bonds is 1. The Morgan fingerprint density at radius 1 is 1.33 bits per heavy atom. The molecular weight excluding hydrogens is 260 g/mol. The van der Waals surface area contributed by atoms with Crippen molar-refractivity contribution in [3.63, 3.8) is 0 Å². The maximum absolute atomic E-state index is 12.9. The van der Waals surface area contributed by atoms with Gasteiger partial charge in [0.25, 0.3) is 0 Å². The van der Waals surface area contributed by atoms with Crippen LogP contribution in [0, 0.1) is 11.8 Å². The number of amides is 1. The Labute approximate surface area is 126 Å². The van der Waals surface area contributed by atoms with Crippen LogP contribution in [0.2, 0.25) is 0 Å². The first-order valence-corrected chi connectivity index (χ1v) is 8.18. The van der Waals surface area contributed by atoms with Gasteiger partial charge in [0.2, 0.25) is 5.91 Å². The molecule has 2 fully saturated rings. The van der Waals surface area contributed by atoms with Crippen molar-refractivity contribution in [2.45, 2.75) is 38.1 Å². The third-order valence-corrected chi connectivity index (χ3v) is 5.50. The third kappa shape index (κ3) is 2.18. The highest BCUT2D eigenvalue weighted by Crippen LogP contribution is 2.60. The molecule has 3 nitrogen and oxygen atoms in total. The van der Waals surface area contributed by atoms with Gasteiger partial charge in [-0.2, -0.15) is 0 Å². The zero-order valence-corrected chi connectivity index (χ0v) is 12.9. The van der Waals surface area contributed by atoms with E-state index in [4.69, 9.17) is 0 Å². The highest BCUT2D eigenvalue weighted by atomic mass is 16.2. The van der Waals surface area contributed by atoms with Crippen LogP contribution in [0.1, 0.15) is 37.3 Å². The molecule has 1 heterocycles. The van der Waals surface area contributed by atoms with Crippen LogP contribution in [0.4, 0.5) is 0 Å². The smallest absolute Gasteiger partial charge is 0.226 e. The van der Waals surface area contributed by atoms with E-state index in [1.807, 2.05) is 0 Å². The van der Waals surface area contributed by atoms with Crippen molar-refractivity contribution in [1.29, 1.82) is 0 Å². The summed E-state index contributed by atoms with van der Waals surface area (Å²) in [4.78, 5) is 15.0. The maximum atomic E-state index is 12.9. The number of fused-ring (bicyclic) bond motifs is 3. The average molecular weight is 284 g/mol. The minimum atomic E-state index is 0.0475. The fourth-order valence-electron chi connectivity index (χ4n) is 4.44. The lowest BCUT2D eigenvalue weighted by Crippen LogP contribution is -2.58. The Kier molecular flexibility index (Phi) is 2.90. The summed E-state index contributed by atoms with van der Waals surface area (Å²) < 4.78 is 0. The first-order chi connectivity index (χ1) is 10.1. The molecule has 21 heavy (non-hydrogen) atoms. The fraction of sp³-hybridized carbons (Fsp3) is 0.611. The monoisotopic (exact) mass is 284 g/mol. The molecule has 1 N–H and O–H groups in total. The SMILES string of the molecule is CC1(C)CN(C(=O)C2C3CCc4ccccc4C32)CCN1. The van der Waals surface area contributed by atoms with E-state index in [0.717, 1.165) is 26.1 Å². The first-order valence-electron chi connectivity index (χ1n) is 8.18. The first kappa shape index (κ1) is 13.3. The third-order valence-electron chi connectivity index (χ3n) is 5.50. The van der Waals surface area contributed by atoms with Crippen molar-refractivity contribution < 1.29 is 4.79 Å². The zero-order valence-electron chi connectivity index (χ0n) is 12.9. The van der Waals surface area contributed by atoms with Crippen LogP contribution in [0.5, 0.6) is 0 Å². The van der Waals surface area contributed by atoms with Gasteiger partial charge in [-0.1, -0.05) is 24.3 Å². The van der Waals surface area contributed by atoms with E-state index >= 15 is 0 Å². The predicted octanol–water partition coefficient (Wildman–Crippen LogP) is 2.17. The molecule has 1 aromatic rings. The summed E-state index contributed by atoms with van der Waals surface area (Å²) in [6.07, 6.45) is 2.34. The predicted molar refractivity (Wildman–Crippen MR) is 83.1 cm³/mol. The Balaban J connectivity index is 1.53. The molecule has 1 amide bonds. The number of benzene rings is 1.